The minimum atomic E-state index is 0.242. The average Bonchev–Trinajstić information content (AvgIpc) is 2.94. The molecule has 2 saturated carbocycles. The number of carbonyl (C=O) groups is 1. The summed E-state index contributed by atoms with van der Waals surface area (Å²) in [5, 5.41) is 3.10. The normalized spacial score (nSPS) is 30.5. The van der Waals surface area contributed by atoms with Gasteiger partial charge in [0.15, 0.2) is 0 Å². The first-order valence-corrected chi connectivity index (χ1v) is 6.60. The van der Waals surface area contributed by atoms with E-state index in [1.54, 1.807) is 0 Å². The van der Waals surface area contributed by atoms with Crippen LogP contribution in [0.1, 0.15) is 31.2 Å². The second kappa shape index (κ2) is 4.17. The molecule has 3 unspecified atom stereocenters. The lowest BCUT2D eigenvalue weighted by Gasteiger charge is -2.21. The maximum absolute atomic E-state index is 12.2. The van der Waals surface area contributed by atoms with Gasteiger partial charge in [0.25, 0.3) is 0 Å². The zero-order valence-corrected chi connectivity index (χ0v) is 10.3. The van der Waals surface area contributed by atoms with Crippen molar-refractivity contribution in [3.05, 3.63) is 29.8 Å². The summed E-state index contributed by atoms with van der Waals surface area (Å²) >= 11 is 0. The van der Waals surface area contributed by atoms with Gasteiger partial charge in [-0.25, -0.2) is 0 Å². The van der Waals surface area contributed by atoms with Crippen LogP contribution >= 0.6 is 0 Å². The lowest BCUT2D eigenvalue weighted by Crippen LogP contribution is -2.27. The third kappa shape index (κ3) is 1.97. The zero-order valence-electron chi connectivity index (χ0n) is 10.3. The van der Waals surface area contributed by atoms with Crippen molar-refractivity contribution in [2.75, 3.05) is 5.32 Å². The van der Waals surface area contributed by atoms with Gasteiger partial charge in [0.05, 0.1) is 0 Å². The number of hydrogen-bond donors (Lipinski definition) is 1. The Kier molecular flexibility index (Phi) is 2.65. The molecule has 1 aromatic carbocycles. The van der Waals surface area contributed by atoms with Crippen LogP contribution in [0.15, 0.2) is 24.3 Å². The summed E-state index contributed by atoms with van der Waals surface area (Å²) in [7, 11) is 0. The second-order valence-electron chi connectivity index (χ2n) is 5.59. The number of carbonyl (C=O) groups excluding carboxylic acids is 1. The molecule has 2 nitrogen and oxygen atoms in total. The molecule has 1 aromatic rings. The summed E-state index contributed by atoms with van der Waals surface area (Å²) in [4.78, 5) is 12.2. The Morgan fingerprint density at radius 3 is 2.71 bits per heavy atom. The summed E-state index contributed by atoms with van der Waals surface area (Å²) in [6.45, 7) is 2.04. The van der Waals surface area contributed by atoms with E-state index in [1.807, 2.05) is 31.2 Å². The third-order valence-corrected chi connectivity index (χ3v) is 4.48. The first kappa shape index (κ1) is 10.8. The quantitative estimate of drug-likeness (QED) is 0.827. The van der Waals surface area contributed by atoms with Crippen molar-refractivity contribution in [1.29, 1.82) is 0 Å². The highest BCUT2D eigenvalue weighted by atomic mass is 16.1. The van der Waals surface area contributed by atoms with E-state index in [-0.39, 0.29) is 11.8 Å². The van der Waals surface area contributed by atoms with Crippen molar-refractivity contribution in [1.82, 2.24) is 0 Å². The predicted molar refractivity (Wildman–Crippen MR) is 68.7 cm³/mol. The molecule has 0 aromatic heterocycles. The molecule has 2 aliphatic rings. The lowest BCUT2D eigenvalue weighted by molar-refractivity contribution is -0.121. The zero-order chi connectivity index (χ0) is 11.8. The van der Waals surface area contributed by atoms with Crippen LogP contribution in [0.4, 0.5) is 5.69 Å². The number of fused-ring (bicyclic) bond motifs is 2. The number of benzene rings is 1. The monoisotopic (exact) mass is 229 g/mol. The Labute approximate surface area is 102 Å². The minimum Gasteiger partial charge on any atom is -0.326 e. The van der Waals surface area contributed by atoms with E-state index >= 15 is 0 Å². The van der Waals surface area contributed by atoms with Gasteiger partial charge in [0.2, 0.25) is 5.91 Å². The van der Waals surface area contributed by atoms with Gasteiger partial charge in [0.1, 0.15) is 0 Å². The van der Waals surface area contributed by atoms with E-state index in [9.17, 15) is 4.79 Å². The number of rotatable bonds is 2. The molecule has 17 heavy (non-hydrogen) atoms. The number of nitrogens with one attached hydrogen (secondary N) is 1. The Bertz CT molecular complexity index is 440. The van der Waals surface area contributed by atoms with Gasteiger partial charge >= 0.3 is 0 Å². The second-order valence-corrected chi connectivity index (χ2v) is 5.59. The molecular formula is C15H19NO. The standard InChI is InChI=1S/C15H19NO/c1-10-4-2-3-5-14(10)16-15(17)13-9-11-6-7-12(13)8-11/h2-5,11-13H,6-9H2,1H3,(H,16,17). The Morgan fingerprint density at radius 2 is 2.06 bits per heavy atom. The van der Waals surface area contributed by atoms with Crippen LogP contribution in [0.5, 0.6) is 0 Å². The maximum atomic E-state index is 12.2. The fourth-order valence-electron chi connectivity index (χ4n) is 3.50. The van der Waals surface area contributed by atoms with Crippen LogP contribution in [0.25, 0.3) is 0 Å². The number of aryl methyl sites for hydroxylation is 1. The molecule has 2 aliphatic carbocycles. The first-order chi connectivity index (χ1) is 8.24. The van der Waals surface area contributed by atoms with Gasteiger partial charge in [-0.05, 0) is 49.7 Å². The van der Waals surface area contributed by atoms with E-state index in [2.05, 4.69) is 5.32 Å². The summed E-state index contributed by atoms with van der Waals surface area (Å²) in [5.41, 5.74) is 2.12. The van der Waals surface area contributed by atoms with Gasteiger partial charge in [0, 0.05) is 11.6 Å². The molecule has 0 saturated heterocycles. The van der Waals surface area contributed by atoms with Gasteiger partial charge < -0.3 is 5.32 Å². The van der Waals surface area contributed by atoms with E-state index in [1.165, 1.54) is 19.3 Å². The largest absolute Gasteiger partial charge is 0.326 e. The number of anilines is 1. The summed E-state index contributed by atoms with van der Waals surface area (Å²) < 4.78 is 0. The average molecular weight is 229 g/mol. The highest BCUT2D eigenvalue weighted by Gasteiger charge is 2.42. The van der Waals surface area contributed by atoms with E-state index in [0.717, 1.165) is 23.6 Å². The Hall–Kier alpha value is -1.31. The number of amides is 1. The van der Waals surface area contributed by atoms with Gasteiger partial charge in [-0.2, -0.15) is 0 Å². The number of para-hydroxylation sites is 1. The molecule has 0 radical (unpaired) electrons. The molecule has 90 valence electrons. The molecule has 0 aliphatic heterocycles. The highest BCUT2D eigenvalue weighted by Crippen LogP contribution is 2.48. The SMILES string of the molecule is Cc1ccccc1NC(=O)C1CC2CCC1C2. The Morgan fingerprint density at radius 1 is 1.24 bits per heavy atom. The molecule has 2 fully saturated rings. The van der Waals surface area contributed by atoms with Crippen LogP contribution in [-0.4, -0.2) is 5.91 Å². The van der Waals surface area contributed by atoms with E-state index < -0.39 is 0 Å². The molecule has 0 heterocycles. The molecule has 2 heteroatoms. The van der Waals surface area contributed by atoms with Crippen molar-refractivity contribution in [2.45, 2.75) is 32.6 Å². The van der Waals surface area contributed by atoms with Gasteiger partial charge in [-0.3, -0.25) is 4.79 Å². The summed E-state index contributed by atoms with van der Waals surface area (Å²) in [6, 6.07) is 8.00. The molecule has 3 atom stereocenters. The smallest absolute Gasteiger partial charge is 0.227 e. The number of hydrogen-bond acceptors (Lipinski definition) is 1. The highest BCUT2D eigenvalue weighted by molar-refractivity contribution is 5.93. The Balaban J connectivity index is 1.70. The molecule has 1 N–H and O–H groups in total. The van der Waals surface area contributed by atoms with Crippen molar-refractivity contribution < 1.29 is 4.79 Å². The van der Waals surface area contributed by atoms with E-state index in [0.29, 0.717) is 5.92 Å². The van der Waals surface area contributed by atoms with Crippen LogP contribution in [0, 0.1) is 24.7 Å². The third-order valence-electron chi connectivity index (χ3n) is 4.48. The van der Waals surface area contributed by atoms with Crippen molar-refractivity contribution in [2.24, 2.45) is 17.8 Å². The molecule has 0 spiro atoms. The van der Waals surface area contributed by atoms with Crippen LogP contribution < -0.4 is 5.32 Å². The van der Waals surface area contributed by atoms with E-state index in [4.69, 9.17) is 0 Å². The van der Waals surface area contributed by atoms with Gasteiger partial charge in [-0.1, -0.05) is 24.6 Å². The van der Waals surface area contributed by atoms with Crippen LogP contribution in [0.2, 0.25) is 0 Å². The topological polar surface area (TPSA) is 29.1 Å². The summed E-state index contributed by atoms with van der Waals surface area (Å²) in [5.74, 6) is 2.00. The van der Waals surface area contributed by atoms with Crippen LogP contribution in [-0.2, 0) is 4.79 Å². The van der Waals surface area contributed by atoms with Crippen molar-refractivity contribution >= 4 is 11.6 Å². The molecule has 3 rings (SSSR count). The fourth-order valence-corrected chi connectivity index (χ4v) is 3.50. The molecule has 1 amide bonds. The minimum absolute atomic E-state index is 0.242. The lowest BCUT2D eigenvalue weighted by atomic mass is 9.88. The first-order valence-electron chi connectivity index (χ1n) is 6.60. The van der Waals surface area contributed by atoms with Crippen LogP contribution in [0.3, 0.4) is 0 Å². The van der Waals surface area contributed by atoms with Crippen molar-refractivity contribution in [3.8, 4) is 0 Å². The van der Waals surface area contributed by atoms with Gasteiger partial charge in [-0.15, -0.1) is 0 Å². The summed E-state index contributed by atoms with van der Waals surface area (Å²) in [6.07, 6.45) is 5.00. The molecule has 2 bridgehead atoms. The maximum Gasteiger partial charge on any atom is 0.227 e. The molecular weight excluding hydrogens is 210 g/mol. The fraction of sp³-hybridized carbons (Fsp3) is 0.533. The van der Waals surface area contributed by atoms with Crippen molar-refractivity contribution in [3.63, 3.8) is 0 Å². The predicted octanol–water partition coefficient (Wildman–Crippen LogP) is 3.37.